The molecular weight excluding hydrogens is 206 g/mol. The highest BCUT2D eigenvalue weighted by atomic mass is 15.1. The SMILES string of the molecule is C=C(C)c1cc(N(C)/C(=C\C)CC)ccc1C. The lowest BCUT2D eigenvalue weighted by atomic mass is 10.0. The van der Waals surface area contributed by atoms with Crippen molar-refractivity contribution in [1.82, 2.24) is 0 Å². The Labute approximate surface area is 105 Å². The molecule has 92 valence electrons. The standard InChI is InChI=1S/C16H23N/c1-7-14(8-2)17(6)15-10-9-13(5)16(11-15)12(3)4/h7,9-11H,3,8H2,1-2,4-6H3/b14-7-. The van der Waals surface area contributed by atoms with Crippen molar-refractivity contribution >= 4 is 11.3 Å². The van der Waals surface area contributed by atoms with Gasteiger partial charge in [0.15, 0.2) is 0 Å². The molecule has 0 aromatic heterocycles. The van der Waals surface area contributed by atoms with Gasteiger partial charge in [-0.3, -0.25) is 0 Å². The molecule has 0 aliphatic rings. The Balaban J connectivity index is 3.16. The van der Waals surface area contributed by atoms with Crippen LogP contribution in [0, 0.1) is 6.92 Å². The van der Waals surface area contributed by atoms with Crippen molar-refractivity contribution in [3.05, 3.63) is 47.7 Å². The van der Waals surface area contributed by atoms with Crippen LogP contribution in [0.15, 0.2) is 36.6 Å². The largest absolute Gasteiger partial charge is 0.349 e. The number of anilines is 1. The van der Waals surface area contributed by atoms with E-state index in [1.807, 2.05) is 0 Å². The van der Waals surface area contributed by atoms with Gasteiger partial charge in [-0.05, 0) is 50.5 Å². The first-order valence-corrected chi connectivity index (χ1v) is 6.16. The van der Waals surface area contributed by atoms with E-state index in [-0.39, 0.29) is 0 Å². The first-order chi connectivity index (χ1) is 8.01. The molecule has 0 saturated heterocycles. The maximum Gasteiger partial charge on any atom is 0.0411 e. The normalized spacial score (nSPS) is 11.5. The minimum Gasteiger partial charge on any atom is -0.349 e. The van der Waals surface area contributed by atoms with E-state index in [1.165, 1.54) is 22.5 Å². The second-order valence-electron chi connectivity index (χ2n) is 4.47. The number of benzene rings is 1. The maximum atomic E-state index is 4.04. The van der Waals surface area contributed by atoms with Crippen molar-refractivity contribution in [3.63, 3.8) is 0 Å². The summed E-state index contributed by atoms with van der Waals surface area (Å²) in [5.74, 6) is 0. The van der Waals surface area contributed by atoms with Crippen LogP contribution < -0.4 is 4.90 Å². The third-order valence-corrected chi connectivity index (χ3v) is 3.19. The molecule has 0 bridgehead atoms. The van der Waals surface area contributed by atoms with Crippen LogP contribution in [0.25, 0.3) is 5.57 Å². The molecule has 1 aromatic rings. The predicted molar refractivity (Wildman–Crippen MR) is 78.3 cm³/mol. The van der Waals surface area contributed by atoms with Gasteiger partial charge in [0, 0.05) is 18.4 Å². The molecule has 0 saturated carbocycles. The summed E-state index contributed by atoms with van der Waals surface area (Å²) in [6.45, 7) is 12.5. The minimum absolute atomic E-state index is 1.04. The third kappa shape index (κ3) is 3.00. The van der Waals surface area contributed by atoms with Gasteiger partial charge in [0.05, 0.1) is 0 Å². The summed E-state index contributed by atoms with van der Waals surface area (Å²) in [7, 11) is 2.12. The number of allylic oxidation sites excluding steroid dienone is 3. The maximum absolute atomic E-state index is 4.04. The molecule has 0 fully saturated rings. The van der Waals surface area contributed by atoms with E-state index in [4.69, 9.17) is 0 Å². The summed E-state index contributed by atoms with van der Waals surface area (Å²) in [5.41, 5.74) is 6.22. The molecule has 1 nitrogen and oxygen atoms in total. The van der Waals surface area contributed by atoms with Crippen LogP contribution in [-0.2, 0) is 0 Å². The lowest BCUT2D eigenvalue weighted by Gasteiger charge is -2.23. The molecule has 0 aliphatic heterocycles. The van der Waals surface area contributed by atoms with Gasteiger partial charge in [0.1, 0.15) is 0 Å². The van der Waals surface area contributed by atoms with E-state index in [0.29, 0.717) is 0 Å². The zero-order chi connectivity index (χ0) is 13.0. The summed E-state index contributed by atoms with van der Waals surface area (Å²) in [4.78, 5) is 2.24. The molecule has 1 rings (SSSR count). The number of nitrogens with zero attached hydrogens (tertiary/aromatic N) is 1. The number of hydrogen-bond acceptors (Lipinski definition) is 1. The average Bonchev–Trinajstić information content (AvgIpc) is 2.30. The van der Waals surface area contributed by atoms with Gasteiger partial charge >= 0.3 is 0 Å². The molecular formula is C16H23N. The monoisotopic (exact) mass is 229 g/mol. The van der Waals surface area contributed by atoms with Crippen molar-refractivity contribution in [3.8, 4) is 0 Å². The first kappa shape index (κ1) is 13.6. The van der Waals surface area contributed by atoms with Crippen molar-refractivity contribution in [2.45, 2.75) is 34.1 Å². The topological polar surface area (TPSA) is 3.24 Å². The van der Waals surface area contributed by atoms with Gasteiger partial charge in [-0.2, -0.15) is 0 Å². The lowest BCUT2D eigenvalue weighted by Crippen LogP contribution is -2.15. The quantitative estimate of drug-likeness (QED) is 0.718. The highest BCUT2D eigenvalue weighted by Crippen LogP contribution is 2.25. The van der Waals surface area contributed by atoms with Crippen LogP contribution >= 0.6 is 0 Å². The van der Waals surface area contributed by atoms with Crippen molar-refractivity contribution in [2.24, 2.45) is 0 Å². The molecule has 0 radical (unpaired) electrons. The van der Waals surface area contributed by atoms with Crippen LogP contribution in [0.5, 0.6) is 0 Å². The van der Waals surface area contributed by atoms with E-state index >= 15 is 0 Å². The summed E-state index contributed by atoms with van der Waals surface area (Å²) >= 11 is 0. The zero-order valence-corrected chi connectivity index (χ0v) is 11.7. The van der Waals surface area contributed by atoms with E-state index in [0.717, 1.165) is 12.0 Å². The van der Waals surface area contributed by atoms with E-state index < -0.39 is 0 Å². The summed E-state index contributed by atoms with van der Waals surface area (Å²) in [6, 6.07) is 6.55. The fourth-order valence-corrected chi connectivity index (χ4v) is 2.08. The van der Waals surface area contributed by atoms with Crippen molar-refractivity contribution < 1.29 is 0 Å². The second-order valence-corrected chi connectivity index (χ2v) is 4.47. The predicted octanol–water partition coefficient (Wildman–Crippen LogP) is 4.78. The molecule has 1 heteroatoms. The fraction of sp³-hybridized carbons (Fsp3) is 0.375. The molecule has 1 aromatic carbocycles. The van der Waals surface area contributed by atoms with Gasteiger partial charge in [0.2, 0.25) is 0 Å². The molecule has 0 aliphatic carbocycles. The highest BCUT2D eigenvalue weighted by molar-refractivity contribution is 5.69. The van der Waals surface area contributed by atoms with Gasteiger partial charge in [0.25, 0.3) is 0 Å². The molecule has 0 amide bonds. The molecule has 0 heterocycles. The number of aryl methyl sites for hydroxylation is 1. The fourth-order valence-electron chi connectivity index (χ4n) is 2.08. The smallest absolute Gasteiger partial charge is 0.0411 e. The Kier molecular flexibility index (Phi) is 4.56. The highest BCUT2D eigenvalue weighted by Gasteiger charge is 2.07. The van der Waals surface area contributed by atoms with Crippen LogP contribution in [-0.4, -0.2) is 7.05 Å². The molecule has 0 N–H and O–H groups in total. The zero-order valence-electron chi connectivity index (χ0n) is 11.7. The molecule has 0 atom stereocenters. The van der Waals surface area contributed by atoms with Gasteiger partial charge in [-0.1, -0.05) is 31.2 Å². The second kappa shape index (κ2) is 5.72. The molecule has 17 heavy (non-hydrogen) atoms. The summed E-state index contributed by atoms with van der Waals surface area (Å²) in [6.07, 6.45) is 3.21. The Morgan fingerprint density at radius 2 is 2.06 bits per heavy atom. The molecule has 0 unspecified atom stereocenters. The van der Waals surface area contributed by atoms with Crippen molar-refractivity contribution in [2.75, 3.05) is 11.9 Å². The third-order valence-electron chi connectivity index (χ3n) is 3.19. The van der Waals surface area contributed by atoms with Crippen LogP contribution in [0.4, 0.5) is 5.69 Å². The summed E-state index contributed by atoms with van der Waals surface area (Å²) < 4.78 is 0. The number of rotatable bonds is 4. The Hall–Kier alpha value is -1.50. The van der Waals surface area contributed by atoms with Crippen molar-refractivity contribution in [1.29, 1.82) is 0 Å². The van der Waals surface area contributed by atoms with E-state index in [2.05, 4.69) is 70.5 Å². The van der Waals surface area contributed by atoms with Crippen LogP contribution in [0.2, 0.25) is 0 Å². The van der Waals surface area contributed by atoms with Crippen LogP contribution in [0.3, 0.4) is 0 Å². The lowest BCUT2D eigenvalue weighted by molar-refractivity contribution is 0.971. The van der Waals surface area contributed by atoms with E-state index in [9.17, 15) is 0 Å². The van der Waals surface area contributed by atoms with E-state index in [1.54, 1.807) is 0 Å². The Bertz CT molecular complexity index is 441. The van der Waals surface area contributed by atoms with Gasteiger partial charge in [-0.15, -0.1) is 0 Å². The molecule has 0 spiro atoms. The van der Waals surface area contributed by atoms with Gasteiger partial charge in [-0.25, -0.2) is 0 Å². The minimum atomic E-state index is 1.04. The van der Waals surface area contributed by atoms with Gasteiger partial charge < -0.3 is 4.90 Å². The Morgan fingerprint density at radius 1 is 1.41 bits per heavy atom. The summed E-state index contributed by atoms with van der Waals surface area (Å²) in [5, 5.41) is 0. The first-order valence-electron chi connectivity index (χ1n) is 6.16. The van der Waals surface area contributed by atoms with Crippen LogP contribution in [0.1, 0.15) is 38.3 Å². The number of hydrogen-bond donors (Lipinski definition) is 0. The average molecular weight is 229 g/mol. The Morgan fingerprint density at radius 3 is 2.53 bits per heavy atom.